The highest BCUT2D eigenvalue weighted by atomic mass is 16.5. The standard InChI is InChI=1S/C21H22N2O3/c24-20(14-15-11-13-26-19-9-4-1-6-16(15)19)22-17-7-2-3-8-18(17)23-12-5-10-21(23)25/h1-4,6-9,15H,5,10-14H2,(H,22,24). The summed E-state index contributed by atoms with van der Waals surface area (Å²) >= 11 is 0. The van der Waals surface area contributed by atoms with Gasteiger partial charge in [-0.2, -0.15) is 0 Å². The van der Waals surface area contributed by atoms with Crippen LogP contribution in [-0.2, 0) is 9.59 Å². The summed E-state index contributed by atoms with van der Waals surface area (Å²) in [5, 5.41) is 3.01. The van der Waals surface area contributed by atoms with Crippen molar-refractivity contribution in [2.75, 3.05) is 23.4 Å². The Morgan fingerprint density at radius 3 is 2.81 bits per heavy atom. The number of amides is 2. The van der Waals surface area contributed by atoms with Gasteiger partial charge in [-0.1, -0.05) is 30.3 Å². The Balaban J connectivity index is 1.49. The Kier molecular flexibility index (Phi) is 4.61. The molecule has 0 aliphatic carbocycles. The minimum absolute atomic E-state index is 0.0363. The summed E-state index contributed by atoms with van der Waals surface area (Å²) in [6, 6.07) is 15.4. The maximum atomic E-state index is 12.7. The molecule has 0 radical (unpaired) electrons. The summed E-state index contributed by atoms with van der Waals surface area (Å²) in [5.41, 5.74) is 2.58. The summed E-state index contributed by atoms with van der Waals surface area (Å²) < 4.78 is 5.68. The van der Waals surface area contributed by atoms with E-state index in [-0.39, 0.29) is 17.7 Å². The zero-order chi connectivity index (χ0) is 17.9. The summed E-state index contributed by atoms with van der Waals surface area (Å²) in [7, 11) is 0. The van der Waals surface area contributed by atoms with Crippen molar-refractivity contribution in [3.8, 4) is 5.75 Å². The van der Waals surface area contributed by atoms with Gasteiger partial charge in [0.1, 0.15) is 5.75 Å². The Morgan fingerprint density at radius 2 is 1.96 bits per heavy atom. The molecule has 0 bridgehead atoms. The molecule has 1 atom stereocenters. The highest BCUT2D eigenvalue weighted by Gasteiger charge is 2.26. The molecule has 1 N–H and O–H groups in total. The second kappa shape index (κ2) is 7.20. The number of para-hydroxylation sites is 3. The molecule has 134 valence electrons. The molecule has 0 spiro atoms. The SMILES string of the molecule is O=C(CC1CCOc2ccccc21)Nc1ccccc1N1CCCC1=O. The number of anilines is 2. The van der Waals surface area contributed by atoms with E-state index in [9.17, 15) is 9.59 Å². The van der Waals surface area contributed by atoms with Crippen molar-refractivity contribution < 1.29 is 14.3 Å². The normalized spacial score (nSPS) is 19.0. The van der Waals surface area contributed by atoms with Crippen LogP contribution in [0.1, 0.15) is 37.2 Å². The topological polar surface area (TPSA) is 58.6 Å². The fourth-order valence-electron chi connectivity index (χ4n) is 3.77. The molecular weight excluding hydrogens is 328 g/mol. The first kappa shape index (κ1) is 16.6. The highest BCUT2D eigenvalue weighted by molar-refractivity contribution is 6.02. The molecule has 2 aliphatic rings. The van der Waals surface area contributed by atoms with Crippen molar-refractivity contribution in [3.05, 3.63) is 54.1 Å². The number of nitrogens with zero attached hydrogens (tertiary/aromatic N) is 1. The molecule has 26 heavy (non-hydrogen) atoms. The molecule has 2 amide bonds. The number of nitrogens with one attached hydrogen (secondary N) is 1. The predicted octanol–water partition coefficient (Wildman–Crippen LogP) is 3.71. The molecule has 0 aromatic heterocycles. The number of fused-ring (bicyclic) bond motifs is 1. The summed E-state index contributed by atoms with van der Waals surface area (Å²) in [6.07, 6.45) is 2.67. The first-order valence-corrected chi connectivity index (χ1v) is 9.13. The lowest BCUT2D eigenvalue weighted by Gasteiger charge is -2.26. The van der Waals surface area contributed by atoms with Gasteiger partial charge in [-0.3, -0.25) is 9.59 Å². The minimum Gasteiger partial charge on any atom is -0.493 e. The monoisotopic (exact) mass is 350 g/mol. The molecule has 1 saturated heterocycles. The lowest BCUT2D eigenvalue weighted by molar-refractivity contribution is -0.117. The Morgan fingerprint density at radius 1 is 1.15 bits per heavy atom. The number of carbonyl (C=O) groups excluding carboxylic acids is 2. The van der Waals surface area contributed by atoms with Crippen LogP contribution in [-0.4, -0.2) is 25.0 Å². The maximum absolute atomic E-state index is 12.7. The van der Waals surface area contributed by atoms with Gasteiger partial charge in [0.15, 0.2) is 0 Å². The number of benzene rings is 2. The maximum Gasteiger partial charge on any atom is 0.227 e. The summed E-state index contributed by atoms with van der Waals surface area (Å²) in [6.45, 7) is 1.34. The average molecular weight is 350 g/mol. The Bertz CT molecular complexity index is 834. The Labute approximate surface area is 153 Å². The van der Waals surface area contributed by atoms with Crippen LogP contribution in [0.5, 0.6) is 5.75 Å². The molecular formula is C21H22N2O3. The van der Waals surface area contributed by atoms with E-state index in [4.69, 9.17) is 4.74 Å². The van der Waals surface area contributed by atoms with E-state index in [1.165, 1.54) is 0 Å². The fourth-order valence-corrected chi connectivity index (χ4v) is 3.77. The first-order valence-electron chi connectivity index (χ1n) is 9.13. The van der Waals surface area contributed by atoms with E-state index in [2.05, 4.69) is 5.32 Å². The number of carbonyl (C=O) groups is 2. The smallest absolute Gasteiger partial charge is 0.227 e. The van der Waals surface area contributed by atoms with Crippen molar-refractivity contribution in [1.82, 2.24) is 0 Å². The van der Waals surface area contributed by atoms with Crippen molar-refractivity contribution in [3.63, 3.8) is 0 Å². The second-order valence-corrected chi connectivity index (χ2v) is 6.79. The summed E-state index contributed by atoms with van der Waals surface area (Å²) in [4.78, 5) is 26.5. The molecule has 0 saturated carbocycles. The van der Waals surface area contributed by atoms with E-state index in [1.807, 2.05) is 48.5 Å². The molecule has 1 fully saturated rings. The zero-order valence-electron chi connectivity index (χ0n) is 14.6. The van der Waals surface area contributed by atoms with Gasteiger partial charge in [-0.05, 0) is 42.5 Å². The molecule has 5 nitrogen and oxygen atoms in total. The van der Waals surface area contributed by atoms with E-state index in [1.54, 1.807) is 4.90 Å². The van der Waals surface area contributed by atoms with Gasteiger partial charge in [0, 0.05) is 19.4 Å². The van der Waals surface area contributed by atoms with Crippen LogP contribution in [0, 0.1) is 0 Å². The number of hydrogen-bond donors (Lipinski definition) is 1. The van der Waals surface area contributed by atoms with Gasteiger partial charge < -0.3 is 15.0 Å². The van der Waals surface area contributed by atoms with Gasteiger partial charge in [0.2, 0.25) is 11.8 Å². The van der Waals surface area contributed by atoms with Crippen molar-refractivity contribution in [1.29, 1.82) is 0 Å². The van der Waals surface area contributed by atoms with Crippen LogP contribution in [0.3, 0.4) is 0 Å². The van der Waals surface area contributed by atoms with Gasteiger partial charge >= 0.3 is 0 Å². The molecule has 2 aromatic rings. The molecule has 2 heterocycles. The fraction of sp³-hybridized carbons (Fsp3) is 0.333. The van der Waals surface area contributed by atoms with Crippen molar-refractivity contribution in [2.45, 2.75) is 31.6 Å². The van der Waals surface area contributed by atoms with Crippen LogP contribution in [0.2, 0.25) is 0 Å². The van der Waals surface area contributed by atoms with Gasteiger partial charge in [-0.25, -0.2) is 0 Å². The quantitative estimate of drug-likeness (QED) is 0.914. The summed E-state index contributed by atoms with van der Waals surface area (Å²) in [5.74, 6) is 1.11. The molecule has 2 aromatic carbocycles. The van der Waals surface area contributed by atoms with Gasteiger partial charge in [0.05, 0.1) is 18.0 Å². The van der Waals surface area contributed by atoms with Gasteiger partial charge in [-0.15, -0.1) is 0 Å². The predicted molar refractivity (Wildman–Crippen MR) is 101 cm³/mol. The van der Waals surface area contributed by atoms with Crippen LogP contribution >= 0.6 is 0 Å². The third-order valence-corrected chi connectivity index (χ3v) is 5.06. The number of rotatable bonds is 4. The van der Waals surface area contributed by atoms with Crippen molar-refractivity contribution >= 4 is 23.2 Å². The Hall–Kier alpha value is -2.82. The zero-order valence-corrected chi connectivity index (χ0v) is 14.6. The van der Waals surface area contributed by atoms with Crippen LogP contribution in [0.15, 0.2) is 48.5 Å². The van der Waals surface area contributed by atoms with Crippen LogP contribution in [0.25, 0.3) is 0 Å². The molecule has 1 unspecified atom stereocenters. The van der Waals surface area contributed by atoms with E-state index >= 15 is 0 Å². The third-order valence-electron chi connectivity index (χ3n) is 5.06. The molecule has 5 heteroatoms. The lowest BCUT2D eigenvalue weighted by atomic mass is 9.90. The highest BCUT2D eigenvalue weighted by Crippen LogP contribution is 2.36. The van der Waals surface area contributed by atoms with Crippen LogP contribution < -0.4 is 15.0 Å². The van der Waals surface area contributed by atoms with E-state index in [0.717, 1.165) is 29.8 Å². The van der Waals surface area contributed by atoms with Gasteiger partial charge in [0.25, 0.3) is 0 Å². The molecule has 4 rings (SSSR count). The van der Waals surface area contributed by atoms with E-state index in [0.29, 0.717) is 31.7 Å². The first-order chi connectivity index (χ1) is 12.7. The molecule has 2 aliphatic heterocycles. The largest absolute Gasteiger partial charge is 0.493 e. The van der Waals surface area contributed by atoms with Crippen LogP contribution in [0.4, 0.5) is 11.4 Å². The number of hydrogen-bond acceptors (Lipinski definition) is 3. The van der Waals surface area contributed by atoms with Crippen molar-refractivity contribution in [2.24, 2.45) is 0 Å². The minimum atomic E-state index is -0.0363. The third kappa shape index (κ3) is 3.29. The second-order valence-electron chi connectivity index (χ2n) is 6.79. The lowest BCUT2D eigenvalue weighted by Crippen LogP contribution is -2.26. The number of ether oxygens (including phenoxy) is 1. The average Bonchev–Trinajstić information content (AvgIpc) is 3.08. The van der Waals surface area contributed by atoms with E-state index < -0.39 is 0 Å².